The summed E-state index contributed by atoms with van der Waals surface area (Å²) < 4.78 is 6.06. The lowest BCUT2D eigenvalue weighted by atomic mass is 9.56. The van der Waals surface area contributed by atoms with E-state index in [9.17, 15) is 4.79 Å². The molecule has 1 heterocycles. The lowest BCUT2D eigenvalue weighted by Crippen LogP contribution is -2.54. The normalized spacial score (nSPS) is 40.6. The molecule has 5 rings (SSSR count). The number of carbonyl (C=O) groups excluding carboxylic acids is 1. The predicted molar refractivity (Wildman–Crippen MR) is 64.0 cm³/mol. The number of hydrogen-bond acceptors (Lipinski definition) is 2. The van der Waals surface area contributed by atoms with Crippen molar-refractivity contribution in [3.05, 3.63) is 42.0 Å². The molecule has 1 aromatic carbocycles. The first-order valence-electron chi connectivity index (χ1n) is 6.27. The maximum atomic E-state index is 11.8. The van der Waals surface area contributed by atoms with Crippen molar-refractivity contribution in [3.8, 4) is 5.75 Å². The van der Waals surface area contributed by atoms with E-state index in [0.29, 0.717) is 11.8 Å². The van der Waals surface area contributed by atoms with E-state index < -0.39 is 5.41 Å². The van der Waals surface area contributed by atoms with Gasteiger partial charge in [0.05, 0.1) is 5.41 Å². The van der Waals surface area contributed by atoms with Crippen molar-refractivity contribution < 1.29 is 9.53 Å². The first-order valence-corrected chi connectivity index (χ1v) is 6.27. The lowest BCUT2D eigenvalue weighted by Gasteiger charge is -2.46. The highest BCUT2D eigenvalue weighted by Gasteiger charge is 2.59. The van der Waals surface area contributed by atoms with E-state index in [4.69, 9.17) is 4.74 Å². The van der Waals surface area contributed by atoms with Crippen LogP contribution in [-0.4, -0.2) is 12.4 Å². The van der Waals surface area contributed by atoms with Gasteiger partial charge in [0.2, 0.25) is 0 Å². The molecule has 1 aromatic rings. The Morgan fingerprint density at radius 2 is 2.12 bits per heavy atom. The van der Waals surface area contributed by atoms with Crippen LogP contribution in [0.4, 0.5) is 0 Å². The Hall–Kier alpha value is -1.57. The maximum Gasteiger partial charge on any atom is 0.135 e. The van der Waals surface area contributed by atoms with E-state index in [1.54, 1.807) is 0 Å². The van der Waals surface area contributed by atoms with E-state index in [0.717, 1.165) is 30.4 Å². The zero-order valence-corrected chi connectivity index (χ0v) is 9.50. The Kier molecular flexibility index (Phi) is 1.67. The van der Waals surface area contributed by atoms with Gasteiger partial charge in [-0.1, -0.05) is 30.4 Å². The monoisotopic (exact) mass is 226 g/mol. The molecule has 1 saturated carbocycles. The van der Waals surface area contributed by atoms with Crippen molar-refractivity contribution >= 4 is 6.29 Å². The predicted octanol–water partition coefficient (Wildman–Crippen LogP) is 2.48. The summed E-state index contributed by atoms with van der Waals surface area (Å²) in [7, 11) is 0. The lowest BCUT2D eigenvalue weighted by molar-refractivity contribution is -0.119. The molecule has 1 aliphatic heterocycles. The largest absolute Gasteiger partial charge is 0.488 e. The highest BCUT2D eigenvalue weighted by molar-refractivity contribution is 5.76. The molecule has 4 aliphatic rings. The number of ether oxygens (including phenoxy) is 1. The first kappa shape index (κ1) is 9.46. The molecule has 3 aliphatic carbocycles. The van der Waals surface area contributed by atoms with Crippen LogP contribution in [0.3, 0.4) is 0 Å². The van der Waals surface area contributed by atoms with Crippen LogP contribution in [0.25, 0.3) is 0 Å². The Bertz CT molecular complexity index is 519. The second kappa shape index (κ2) is 3.00. The molecule has 0 spiro atoms. The van der Waals surface area contributed by atoms with Crippen LogP contribution in [0.2, 0.25) is 0 Å². The zero-order valence-electron chi connectivity index (χ0n) is 9.50. The fraction of sp³-hybridized carbons (Fsp3) is 0.400. The molecular formula is C15H14O2. The van der Waals surface area contributed by atoms with Gasteiger partial charge in [-0.05, 0) is 24.8 Å². The number of rotatable bonds is 1. The topological polar surface area (TPSA) is 26.3 Å². The van der Waals surface area contributed by atoms with Gasteiger partial charge in [-0.25, -0.2) is 0 Å². The molecule has 0 aromatic heterocycles. The van der Waals surface area contributed by atoms with Crippen molar-refractivity contribution in [1.29, 1.82) is 0 Å². The van der Waals surface area contributed by atoms with Gasteiger partial charge < -0.3 is 9.53 Å². The van der Waals surface area contributed by atoms with Gasteiger partial charge >= 0.3 is 0 Å². The van der Waals surface area contributed by atoms with E-state index >= 15 is 0 Å². The number of aldehydes is 1. The van der Waals surface area contributed by atoms with Crippen molar-refractivity contribution in [3.63, 3.8) is 0 Å². The van der Waals surface area contributed by atoms with Crippen LogP contribution < -0.4 is 4.74 Å². The summed E-state index contributed by atoms with van der Waals surface area (Å²) in [6.07, 6.45) is 7.89. The number of carbonyl (C=O) groups is 1. The Labute approximate surface area is 100 Å². The molecule has 4 atom stereocenters. The fourth-order valence-electron chi connectivity index (χ4n) is 3.88. The summed E-state index contributed by atoms with van der Waals surface area (Å²) in [5, 5.41) is 0. The van der Waals surface area contributed by atoms with Crippen molar-refractivity contribution in [2.75, 3.05) is 0 Å². The van der Waals surface area contributed by atoms with E-state index in [2.05, 4.69) is 18.2 Å². The quantitative estimate of drug-likeness (QED) is 0.543. The van der Waals surface area contributed by atoms with E-state index in [-0.39, 0.29) is 6.10 Å². The standard InChI is InChI=1S/C15H14O2/c16-9-15-11-7-5-10(6-8-11)14(15)17-13-4-2-1-3-12(13)15/h1-5,7,9-11,14H,6,8H2/t10-,11+,14+,15+/m1/s1. The summed E-state index contributed by atoms with van der Waals surface area (Å²) in [6.45, 7) is 0. The molecule has 0 radical (unpaired) electrons. The smallest absolute Gasteiger partial charge is 0.135 e. The molecule has 0 N–H and O–H groups in total. The zero-order chi connectivity index (χ0) is 11.5. The summed E-state index contributed by atoms with van der Waals surface area (Å²) in [5.74, 6) is 1.63. The van der Waals surface area contributed by atoms with Crippen molar-refractivity contribution in [2.45, 2.75) is 24.4 Å². The minimum atomic E-state index is -0.408. The summed E-state index contributed by atoms with van der Waals surface area (Å²) in [5.41, 5.74) is 0.688. The molecule has 2 heteroatoms. The molecule has 0 amide bonds. The van der Waals surface area contributed by atoms with Gasteiger partial charge in [-0.3, -0.25) is 0 Å². The molecule has 1 fully saturated rings. The highest BCUT2D eigenvalue weighted by Crippen LogP contribution is 2.56. The average Bonchev–Trinajstić information content (AvgIpc) is 2.77. The summed E-state index contributed by atoms with van der Waals surface area (Å²) >= 11 is 0. The van der Waals surface area contributed by atoms with Gasteiger partial charge in [0.15, 0.2) is 0 Å². The maximum absolute atomic E-state index is 11.8. The van der Waals surface area contributed by atoms with Gasteiger partial charge in [-0.2, -0.15) is 0 Å². The number of benzene rings is 1. The average molecular weight is 226 g/mol. The molecule has 86 valence electrons. The highest BCUT2D eigenvalue weighted by atomic mass is 16.5. The minimum Gasteiger partial charge on any atom is -0.488 e. The third kappa shape index (κ3) is 0.951. The Morgan fingerprint density at radius 1 is 1.24 bits per heavy atom. The molecule has 0 saturated heterocycles. The molecular weight excluding hydrogens is 212 g/mol. The molecule has 17 heavy (non-hydrogen) atoms. The number of allylic oxidation sites excluding steroid dienone is 1. The van der Waals surface area contributed by atoms with Crippen LogP contribution >= 0.6 is 0 Å². The summed E-state index contributed by atoms with van der Waals surface area (Å²) in [6, 6.07) is 8.02. The van der Waals surface area contributed by atoms with Gasteiger partial charge in [0.1, 0.15) is 18.1 Å². The Balaban J connectivity index is 1.98. The van der Waals surface area contributed by atoms with Crippen LogP contribution in [-0.2, 0) is 10.2 Å². The Morgan fingerprint density at radius 3 is 2.88 bits per heavy atom. The first-order chi connectivity index (χ1) is 8.36. The number of fused-ring (bicyclic) bond motifs is 2. The van der Waals surface area contributed by atoms with Crippen LogP contribution in [0.15, 0.2) is 36.4 Å². The molecule has 2 bridgehead atoms. The van der Waals surface area contributed by atoms with Gasteiger partial charge in [0, 0.05) is 11.5 Å². The summed E-state index contributed by atoms with van der Waals surface area (Å²) in [4.78, 5) is 11.8. The van der Waals surface area contributed by atoms with Gasteiger partial charge in [0.25, 0.3) is 0 Å². The molecule has 2 nitrogen and oxygen atoms in total. The van der Waals surface area contributed by atoms with Crippen molar-refractivity contribution in [1.82, 2.24) is 0 Å². The van der Waals surface area contributed by atoms with Crippen molar-refractivity contribution in [2.24, 2.45) is 11.8 Å². The number of hydrogen-bond donors (Lipinski definition) is 0. The number of para-hydroxylation sites is 1. The SMILES string of the molecule is O=C[C@]12c3ccccc3O[C@H]1[C@@H]1C=C[C@H]2CC1. The second-order valence-electron chi connectivity index (χ2n) is 5.32. The third-order valence-electron chi connectivity index (χ3n) is 4.68. The fourth-order valence-corrected chi connectivity index (χ4v) is 3.88. The second-order valence-corrected chi connectivity index (χ2v) is 5.32. The molecule has 0 unspecified atom stereocenters. The van der Waals surface area contributed by atoms with E-state index in [1.165, 1.54) is 0 Å². The van der Waals surface area contributed by atoms with Crippen LogP contribution in [0, 0.1) is 11.8 Å². The third-order valence-corrected chi connectivity index (χ3v) is 4.68. The van der Waals surface area contributed by atoms with E-state index in [1.807, 2.05) is 18.2 Å². The van der Waals surface area contributed by atoms with Crippen LogP contribution in [0.1, 0.15) is 18.4 Å². The minimum absolute atomic E-state index is 0.0288. The van der Waals surface area contributed by atoms with Gasteiger partial charge in [-0.15, -0.1) is 0 Å². The van der Waals surface area contributed by atoms with Crippen LogP contribution in [0.5, 0.6) is 5.75 Å².